The van der Waals surface area contributed by atoms with Gasteiger partial charge in [-0.2, -0.15) is 0 Å². The first kappa shape index (κ1) is 52.1. The van der Waals surface area contributed by atoms with Gasteiger partial charge in [-0.1, -0.05) is 178 Å². The van der Waals surface area contributed by atoms with Crippen LogP contribution in [0.3, 0.4) is 0 Å². The van der Waals surface area contributed by atoms with E-state index in [4.69, 9.17) is 14.2 Å². The lowest BCUT2D eigenvalue weighted by atomic mass is 10.1. The molecule has 6 heteroatoms. The summed E-state index contributed by atoms with van der Waals surface area (Å²) in [4.78, 5) is 37.7. The molecule has 0 radical (unpaired) electrons. The topological polar surface area (TPSA) is 78.9 Å². The monoisotopic (exact) mass is 769 g/mol. The molecular weight excluding hydrogens is 685 g/mol. The fourth-order valence-electron chi connectivity index (χ4n) is 6.08. The highest BCUT2D eigenvalue weighted by Crippen LogP contribution is 2.13. The van der Waals surface area contributed by atoms with Crippen molar-refractivity contribution >= 4 is 17.9 Å². The largest absolute Gasteiger partial charge is 0.462 e. The summed E-state index contributed by atoms with van der Waals surface area (Å²) in [6, 6.07) is 0. The zero-order chi connectivity index (χ0) is 40.1. The second-order valence-electron chi connectivity index (χ2n) is 14.9. The molecule has 0 saturated heterocycles. The summed E-state index contributed by atoms with van der Waals surface area (Å²) in [5.74, 6) is -0.923. The van der Waals surface area contributed by atoms with Gasteiger partial charge in [0.25, 0.3) is 0 Å². The molecule has 0 aromatic heterocycles. The van der Waals surface area contributed by atoms with E-state index in [1.54, 1.807) is 0 Å². The third-order valence-corrected chi connectivity index (χ3v) is 9.49. The molecule has 0 N–H and O–H groups in total. The lowest BCUT2D eigenvalue weighted by Crippen LogP contribution is -2.30. The maximum atomic E-state index is 12.7. The van der Waals surface area contributed by atoms with Gasteiger partial charge in [-0.15, -0.1) is 0 Å². The predicted molar refractivity (Wildman–Crippen MR) is 233 cm³/mol. The first-order valence-corrected chi connectivity index (χ1v) is 22.8. The van der Waals surface area contributed by atoms with Crippen LogP contribution in [-0.4, -0.2) is 37.2 Å². The van der Waals surface area contributed by atoms with E-state index in [-0.39, 0.29) is 31.1 Å². The molecule has 0 bridgehead atoms. The first-order valence-electron chi connectivity index (χ1n) is 22.8. The van der Waals surface area contributed by atoms with Crippen LogP contribution < -0.4 is 0 Å². The molecule has 0 heterocycles. The summed E-state index contributed by atoms with van der Waals surface area (Å²) in [6.45, 7) is 6.40. The van der Waals surface area contributed by atoms with Crippen molar-refractivity contribution in [2.24, 2.45) is 0 Å². The van der Waals surface area contributed by atoms with Gasteiger partial charge in [-0.05, 0) is 77.0 Å². The number of unbranched alkanes of at least 4 members (excludes halogenated alkanes) is 19. The molecule has 0 aromatic rings. The van der Waals surface area contributed by atoms with Crippen LogP contribution in [0.4, 0.5) is 0 Å². The Morgan fingerprint density at radius 2 is 0.745 bits per heavy atom. The minimum absolute atomic E-state index is 0.0851. The number of ether oxygens (including phenoxy) is 3. The zero-order valence-electron chi connectivity index (χ0n) is 35.9. The smallest absolute Gasteiger partial charge is 0.306 e. The average Bonchev–Trinajstić information content (AvgIpc) is 3.18. The highest BCUT2D eigenvalue weighted by Gasteiger charge is 2.19. The normalized spacial score (nSPS) is 12.6. The van der Waals surface area contributed by atoms with E-state index in [0.717, 1.165) is 128 Å². The van der Waals surface area contributed by atoms with E-state index in [0.29, 0.717) is 19.3 Å². The van der Waals surface area contributed by atoms with Crippen molar-refractivity contribution in [3.63, 3.8) is 0 Å². The molecule has 0 aliphatic heterocycles. The molecule has 0 fully saturated rings. The van der Waals surface area contributed by atoms with Gasteiger partial charge in [0.1, 0.15) is 13.2 Å². The van der Waals surface area contributed by atoms with Gasteiger partial charge in [0.05, 0.1) is 0 Å². The average molecular weight is 769 g/mol. The molecule has 55 heavy (non-hydrogen) atoms. The number of carbonyl (C=O) groups excluding carboxylic acids is 3. The Morgan fingerprint density at radius 3 is 1.18 bits per heavy atom. The number of carbonyl (C=O) groups is 3. The summed E-state index contributed by atoms with van der Waals surface area (Å²) in [5, 5.41) is 0. The van der Waals surface area contributed by atoms with Crippen LogP contribution >= 0.6 is 0 Å². The molecule has 0 amide bonds. The van der Waals surface area contributed by atoms with Crippen molar-refractivity contribution in [1.29, 1.82) is 0 Å². The van der Waals surface area contributed by atoms with E-state index in [1.165, 1.54) is 44.9 Å². The van der Waals surface area contributed by atoms with Gasteiger partial charge in [0.15, 0.2) is 6.10 Å². The van der Waals surface area contributed by atoms with Gasteiger partial charge < -0.3 is 14.2 Å². The Balaban J connectivity index is 4.41. The van der Waals surface area contributed by atoms with E-state index in [2.05, 4.69) is 81.5 Å². The number of hydrogen-bond donors (Lipinski definition) is 0. The predicted octanol–water partition coefficient (Wildman–Crippen LogP) is 14.5. The van der Waals surface area contributed by atoms with Crippen LogP contribution in [0, 0.1) is 0 Å². The molecule has 0 spiro atoms. The Hall–Kier alpha value is -2.89. The second-order valence-corrected chi connectivity index (χ2v) is 14.9. The van der Waals surface area contributed by atoms with Crippen molar-refractivity contribution in [2.45, 2.75) is 219 Å². The van der Waals surface area contributed by atoms with Crippen molar-refractivity contribution < 1.29 is 28.6 Å². The van der Waals surface area contributed by atoms with Gasteiger partial charge in [-0.25, -0.2) is 0 Å². The minimum atomic E-state index is -0.784. The summed E-state index contributed by atoms with van der Waals surface area (Å²) in [5.41, 5.74) is 0. The fraction of sp³-hybridized carbons (Fsp3) is 0.735. The standard InChI is InChI=1S/C49H84O6/c1-4-7-10-13-16-19-21-23-24-26-27-30-33-36-39-42-48(51)54-45-46(44-53-47(50)41-38-35-32-29-18-15-12-9-6-3)55-49(52)43-40-37-34-31-28-25-22-20-17-14-11-8-5-2/h7,10-11,14,16,19-20,22-24,46H,4-6,8-9,12-13,15,17-18,21,25-45H2,1-3H3/b10-7-,14-11-,19-16-,22-20-,24-23-. The van der Waals surface area contributed by atoms with Crippen LogP contribution in [0.15, 0.2) is 60.8 Å². The van der Waals surface area contributed by atoms with E-state index < -0.39 is 6.10 Å². The van der Waals surface area contributed by atoms with E-state index in [1.807, 2.05) is 0 Å². The third kappa shape index (κ3) is 42.1. The quantitative estimate of drug-likeness (QED) is 0.0267. The van der Waals surface area contributed by atoms with Crippen molar-refractivity contribution in [3.8, 4) is 0 Å². The number of hydrogen-bond acceptors (Lipinski definition) is 6. The van der Waals surface area contributed by atoms with Crippen LogP contribution in [0.2, 0.25) is 0 Å². The van der Waals surface area contributed by atoms with Gasteiger partial charge in [0, 0.05) is 19.3 Å². The lowest BCUT2D eigenvalue weighted by Gasteiger charge is -2.18. The Labute approximate surface area is 339 Å². The molecule has 0 rings (SSSR count). The number of rotatable bonds is 40. The van der Waals surface area contributed by atoms with Gasteiger partial charge in [-0.3, -0.25) is 14.4 Å². The SMILES string of the molecule is CC/C=C\C/C=C\C/C=C\CCCCCCCC(=O)OCC(COC(=O)CCCCCCCCCCC)OC(=O)CCCCCCC/C=C\C/C=C\CCC. The summed E-state index contributed by atoms with van der Waals surface area (Å²) in [6.07, 6.45) is 52.0. The van der Waals surface area contributed by atoms with Crippen LogP contribution in [0.5, 0.6) is 0 Å². The lowest BCUT2D eigenvalue weighted by molar-refractivity contribution is -0.167. The molecular formula is C49H84O6. The first-order chi connectivity index (χ1) is 27.0. The van der Waals surface area contributed by atoms with Crippen molar-refractivity contribution in [1.82, 2.24) is 0 Å². The Kier molecular flexibility index (Phi) is 41.5. The van der Waals surface area contributed by atoms with E-state index in [9.17, 15) is 14.4 Å². The van der Waals surface area contributed by atoms with E-state index >= 15 is 0 Å². The highest BCUT2D eigenvalue weighted by molar-refractivity contribution is 5.71. The molecule has 1 atom stereocenters. The second kappa shape index (κ2) is 43.8. The maximum absolute atomic E-state index is 12.7. The highest BCUT2D eigenvalue weighted by atomic mass is 16.6. The minimum Gasteiger partial charge on any atom is -0.462 e. The van der Waals surface area contributed by atoms with Crippen LogP contribution in [-0.2, 0) is 28.6 Å². The van der Waals surface area contributed by atoms with Crippen LogP contribution in [0.1, 0.15) is 213 Å². The van der Waals surface area contributed by atoms with Crippen molar-refractivity contribution in [3.05, 3.63) is 60.8 Å². The Bertz CT molecular complexity index is 1020. The molecule has 316 valence electrons. The molecule has 1 unspecified atom stereocenters. The molecule has 0 aliphatic carbocycles. The van der Waals surface area contributed by atoms with Gasteiger partial charge in [0.2, 0.25) is 0 Å². The summed E-state index contributed by atoms with van der Waals surface area (Å²) >= 11 is 0. The van der Waals surface area contributed by atoms with Crippen molar-refractivity contribution in [2.75, 3.05) is 13.2 Å². The van der Waals surface area contributed by atoms with Crippen LogP contribution in [0.25, 0.3) is 0 Å². The summed E-state index contributed by atoms with van der Waals surface area (Å²) in [7, 11) is 0. The molecule has 0 aliphatic rings. The number of esters is 3. The summed E-state index contributed by atoms with van der Waals surface area (Å²) < 4.78 is 16.7. The maximum Gasteiger partial charge on any atom is 0.306 e. The number of allylic oxidation sites excluding steroid dienone is 10. The molecule has 6 nitrogen and oxygen atoms in total. The van der Waals surface area contributed by atoms with Gasteiger partial charge >= 0.3 is 17.9 Å². The molecule has 0 aromatic carbocycles. The fourth-order valence-corrected chi connectivity index (χ4v) is 6.08. The third-order valence-electron chi connectivity index (χ3n) is 9.49. The Morgan fingerprint density at radius 1 is 0.382 bits per heavy atom. The molecule has 0 saturated carbocycles. The zero-order valence-corrected chi connectivity index (χ0v) is 35.9.